The van der Waals surface area contributed by atoms with Gasteiger partial charge in [-0.25, -0.2) is 0 Å². The van der Waals surface area contributed by atoms with Crippen LogP contribution < -0.4 is 15.8 Å². The Morgan fingerprint density at radius 3 is 2.52 bits per heavy atom. The average molecular weight is 349 g/mol. The van der Waals surface area contributed by atoms with Crippen molar-refractivity contribution in [2.24, 2.45) is 10.7 Å². The maximum atomic E-state index is 11.6. The molecule has 0 atom stereocenters. The zero-order valence-corrected chi connectivity index (χ0v) is 15.8. The quantitative estimate of drug-likeness (QED) is 0.307. The van der Waals surface area contributed by atoms with Gasteiger partial charge in [-0.15, -0.1) is 0 Å². The van der Waals surface area contributed by atoms with Gasteiger partial charge < -0.3 is 20.5 Å². The van der Waals surface area contributed by atoms with Gasteiger partial charge in [0.2, 0.25) is 0 Å². The van der Waals surface area contributed by atoms with E-state index in [1.165, 1.54) is 0 Å². The normalized spacial score (nSPS) is 11.9. The summed E-state index contributed by atoms with van der Waals surface area (Å²) in [7, 11) is 1.62. The summed E-state index contributed by atoms with van der Waals surface area (Å²) in [6, 6.07) is 7.55. The van der Waals surface area contributed by atoms with Crippen LogP contribution in [-0.4, -0.2) is 31.2 Å². The van der Waals surface area contributed by atoms with Crippen LogP contribution in [0.2, 0.25) is 0 Å². The molecule has 6 heteroatoms. The molecule has 1 aromatic rings. The summed E-state index contributed by atoms with van der Waals surface area (Å²) < 4.78 is 10.5. The fourth-order valence-electron chi connectivity index (χ4n) is 2.25. The molecule has 1 rings (SSSR count). The lowest BCUT2D eigenvalue weighted by Crippen LogP contribution is -2.23. The summed E-state index contributed by atoms with van der Waals surface area (Å²) in [6.07, 6.45) is 4.23. The number of anilines is 1. The average Bonchev–Trinajstić information content (AvgIpc) is 2.52. The zero-order chi connectivity index (χ0) is 18.7. The van der Waals surface area contributed by atoms with Gasteiger partial charge in [-0.3, -0.25) is 9.79 Å². The van der Waals surface area contributed by atoms with E-state index in [0.29, 0.717) is 18.9 Å². The molecule has 0 amide bonds. The van der Waals surface area contributed by atoms with Gasteiger partial charge in [0.05, 0.1) is 12.8 Å². The number of rotatable bonds is 9. The number of hydrogen-bond acceptors (Lipinski definition) is 4. The fraction of sp³-hybridized carbons (Fsp3) is 0.579. The third-order valence-corrected chi connectivity index (χ3v) is 3.36. The highest BCUT2D eigenvalue weighted by molar-refractivity contribution is 5.93. The maximum absolute atomic E-state index is 11.6. The van der Waals surface area contributed by atoms with E-state index in [0.717, 1.165) is 37.1 Å². The Morgan fingerprint density at radius 2 is 1.84 bits per heavy atom. The predicted octanol–water partition coefficient (Wildman–Crippen LogP) is 3.71. The molecule has 0 bridgehead atoms. The minimum Gasteiger partial charge on any atom is -0.495 e. The molecule has 0 aromatic heterocycles. The molecule has 0 spiro atoms. The van der Waals surface area contributed by atoms with Gasteiger partial charge in [0.25, 0.3) is 0 Å². The highest BCUT2D eigenvalue weighted by Gasteiger charge is 2.15. The lowest BCUT2D eigenvalue weighted by molar-refractivity contribution is -0.154. The monoisotopic (exact) mass is 349 g/mol. The summed E-state index contributed by atoms with van der Waals surface area (Å²) in [5, 5.41) is 3.04. The van der Waals surface area contributed by atoms with Crippen molar-refractivity contribution in [2.75, 3.05) is 19.0 Å². The van der Waals surface area contributed by atoms with Crippen LogP contribution in [0.1, 0.15) is 52.9 Å². The molecule has 1 aromatic carbocycles. The first-order chi connectivity index (χ1) is 11.8. The fourth-order valence-corrected chi connectivity index (χ4v) is 2.25. The molecule has 0 saturated carbocycles. The number of esters is 1. The number of nitrogens with one attached hydrogen (secondary N) is 1. The number of guanidine groups is 1. The van der Waals surface area contributed by atoms with Crippen LogP contribution in [0.4, 0.5) is 5.69 Å². The number of unbranched alkanes of at least 4 members (excludes halogenated alkanes) is 3. The van der Waals surface area contributed by atoms with Gasteiger partial charge in [0.1, 0.15) is 11.4 Å². The number of hydrogen-bond donors (Lipinski definition) is 2. The topological polar surface area (TPSA) is 85.9 Å². The molecular formula is C19H31N3O3. The lowest BCUT2D eigenvalue weighted by Gasteiger charge is -2.19. The molecule has 140 valence electrons. The van der Waals surface area contributed by atoms with E-state index in [1.54, 1.807) is 7.11 Å². The van der Waals surface area contributed by atoms with Crippen molar-refractivity contribution >= 4 is 17.6 Å². The largest absolute Gasteiger partial charge is 0.495 e. The summed E-state index contributed by atoms with van der Waals surface area (Å²) in [4.78, 5) is 15.9. The Bertz CT molecular complexity index is 565. The van der Waals surface area contributed by atoms with E-state index >= 15 is 0 Å². The van der Waals surface area contributed by atoms with E-state index in [9.17, 15) is 4.79 Å². The molecule has 0 fully saturated rings. The molecular weight excluding hydrogens is 318 g/mol. The first-order valence-corrected chi connectivity index (χ1v) is 8.73. The number of aliphatic imine (C=N–C) groups is 1. The van der Waals surface area contributed by atoms with Gasteiger partial charge in [-0.2, -0.15) is 0 Å². The van der Waals surface area contributed by atoms with E-state index in [-0.39, 0.29) is 5.97 Å². The first kappa shape index (κ1) is 20.8. The van der Waals surface area contributed by atoms with Crippen LogP contribution in [0.15, 0.2) is 29.3 Å². The number of benzene rings is 1. The second-order valence-corrected chi connectivity index (χ2v) is 6.84. The Hall–Kier alpha value is -2.24. The summed E-state index contributed by atoms with van der Waals surface area (Å²) >= 11 is 0. The minimum absolute atomic E-state index is 0.129. The second kappa shape index (κ2) is 10.6. The Balaban J connectivity index is 2.18. The summed E-state index contributed by atoms with van der Waals surface area (Å²) in [5.41, 5.74) is 6.28. The van der Waals surface area contributed by atoms with Crippen molar-refractivity contribution in [3.8, 4) is 5.75 Å². The van der Waals surface area contributed by atoms with Crippen molar-refractivity contribution in [3.05, 3.63) is 24.3 Å². The van der Waals surface area contributed by atoms with Crippen molar-refractivity contribution in [1.82, 2.24) is 0 Å². The number of carbonyl (C=O) groups is 1. The van der Waals surface area contributed by atoms with Gasteiger partial charge in [0.15, 0.2) is 5.96 Å². The van der Waals surface area contributed by atoms with Gasteiger partial charge >= 0.3 is 5.97 Å². The van der Waals surface area contributed by atoms with E-state index in [2.05, 4.69) is 10.3 Å². The van der Waals surface area contributed by atoms with E-state index in [4.69, 9.17) is 15.2 Å². The standard InChI is InChI=1S/C19H31N3O3/c1-19(2,3)25-17(23)13-7-5-6-10-14-21-18(20)22-15-11-8-9-12-16(15)24-4/h8-9,11-12H,5-7,10,13-14H2,1-4H3,(H3,20,21,22). The highest BCUT2D eigenvalue weighted by Crippen LogP contribution is 2.22. The molecule has 0 aliphatic carbocycles. The van der Waals surface area contributed by atoms with Crippen molar-refractivity contribution in [2.45, 2.75) is 58.5 Å². The number of methoxy groups -OCH3 is 1. The summed E-state index contributed by atoms with van der Waals surface area (Å²) in [6.45, 7) is 6.30. The summed E-state index contributed by atoms with van der Waals surface area (Å²) in [5.74, 6) is 0.969. The molecule has 0 saturated heterocycles. The Kier molecular flexibility index (Phi) is 8.81. The molecule has 0 heterocycles. The van der Waals surface area contributed by atoms with Crippen molar-refractivity contribution in [1.29, 1.82) is 0 Å². The SMILES string of the molecule is COc1ccccc1NC(N)=NCCCCCCC(=O)OC(C)(C)C. The molecule has 0 radical (unpaired) electrons. The van der Waals surface area contributed by atoms with E-state index < -0.39 is 5.60 Å². The van der Waals surface area contributed by atoms with Gasteiger partial charge in [-0.05, 0) is 45.7 Å². The molecule has 0 aliphatic rings. The van der Waals surface area contributed by atoms with Gasteiger partial charge in [0, 0.05) is 13.0 Å². The molecule has 0 aliphatic heterocycles. The second-order valence-electron chi connectivity index (χ2n) is 6.84. The Labute approximate surface area is 150 Å². The molecule has 6 nitrogen and oxygen atoms in total. The number of nitrogens with two attached hydrogens (primary N) is 1. The number of nitrogens with zero attached hydrogens (tertiary/aromatic N) is 1. The highest BCUT2D eigenvalue weighted by atomic mass is 16.6. The maximum Gasteiger partial charge on any atom is 0.306 e. The van der Waals surface area contributed by atoms with Crippen LogP contribution in [0, 0.1) is 0 Å². The minimum atomic E-state index is -0.405. The van der Waals surface area contributed by atoms with Crippen molar-refractivity contribution in [3.63, 3.8) is 0 Å². The van der Waals surface area contributed by atoms with Gasteiger partial charge in [-0.1, -0.05) is 25.0 Å². The third-order valence-electron chi connectivity index (χ3n) is 3.36. The first-order valence-electron chi connectivity index (χ1n) is 8.73. The smallest absolute Gasteiger partial charge is 0.306 e. The molecule has 25 heavy (non-hydrogen) atoms. The van der Waals surface area contributed by atoms with Crippen LogP contribution in [0.3, 0.4) is 0 Å². The lowest BCUT2D eigenvalue weighted by atomic mass is 10.1. The number of carbonyl (C=O) groups excluding carboxylic acids is 1. The molecule has 0 unspecified atom stereocenters. The number of para-hydroxylation sites is 2. The third kappa shape index (κ3) is 9.59. The zero-order valence-electron chi connectivity index (χ0n) is 15.8. The molecule has 3 N–H and O–H groups in total. The Morgan fingerprint density at radius 1 is 1.16 bits per heavy atom. The van der Waals surface area contributed by atoms with Crippen LogP contribution in [-0.2, 0) is 9.53 Å². The van der Waals surface area contributed by atoms with Crippen LogP contribution >= 0.6 is 0 Å². The van der Waals surface area contributed by atoms with Crippen LogP contribution in [0.25, 0.3) is 0 Å². The number of ether oxygens (including phenoxy) is 2. The van der Waals surface area contributed by atoms with Crippen LogP contribution in [0.5, 0.6) is 5.75 Å². The predicted molar refractivity (Wildman–Crippen MR) is 102 cm³/mol. The van der Waals surface area contributed by atoms with Crippen molar-refractivity contribution < 1.29 is 14.3 Å². The van der Waals surface area contributed by atoms with E-state index in [1.807, 2.05) is 45.0 Å².